The standard InChI is InChI=1S/C17H17N3O3S/c1-2-8-24-11-15(21)20-13-6-7-16(19-10-13)23-14-5-3-4-12(9-14)17(18)22/h2-7,9-10H,1,8,11H2,(H2,18,22)(H,20,21). The number of nitrogens with zero attached hydrogens (tertiary/aromatic N) is 1. The topological polar surface area (TPSA) is 94.3 Å². The normalized spacial score (nSPS) is 10.0. The van der Waals surface area contributed by atoms with E-state index >= 15 is 0 Å². The second kappa shape index (κ2) is 8.73. The largest absolute Gasteiger partial charge is 0.439 e. The number of nitrogens with one attached hydrogen (secondary N) is 1. The third kappa shape index (κ3) is 5.44. The number of anilines is 1. The van der Waals surface area contributed by atoms with Crippen LogP contribution in [-0.4, -0.2) is 28.3 Å². The fraction of sp³-hybridized carbons (Fsp3) is 0.118. The number of carbonyl (C=O) groups excluding carboxylic acids is 2. The summed E-state index contributed by atoms with van der Waals surface area (Å²) in [4.78, 5) is 27.0. The molecule has 0 radical (unpaired) electrons. The average molecular weight is 343 g/mol. The number of nitrogens with two attached hydrogens (primary N) is 1. The van der Waals surface area contributed by atoms with Gasteiger partial charge in [0.15, 0.2) is 0 Å². The highest BCUT2D eigenvalue weighted by atomic mass is 32.2. The molecule has 6 nitrogen and oxygen atoms in total. The molecule has 2 rings (SSSR count). The predicted octanol–water partition coefficient (Wildman–Crippen LogP) is 2.83. The Bertz CT molecular complexity index is 732. The fourth-order valence-corrected chi connectivity index (χ4v) is 2.32. The number of pyridine rings is 1. The Balaban J connectivity index is 1.94. The zero-order chi connectivity index (χ0) is 17.4. The predicted molar refractivity (Wildman–Crippen MR) is 95.4 cm³/mol. The van der Waals surface area contributed by atoms with E-state index in [1.165, 1.54) is 24.0 Å². The fourth-order valence-electron chi connectivity index (χ4n) is 1.78. The summed E-state index contributed by atoms with van der Waals surface area (Å²) >= 11 is 1.48. The van der Waals surface area contributed by atoms with Gasteiger partial charge in [-0.1, -0.05) is 12.1 Å². The van der Waals surface area contributed by atoms with Crippen LogP contribution in [0.3, 0.4) is 0 Å². The van der Waals surface area contributed by atoms with Crippen LogP contribution in [0.15, 0.2) is 55.3 Å². The molecule has 0 saturated carbocycles. The number of carbonyl (C=O) groups is 2. The molecule has 0 saturated heterocycles. The van der Waals surface area contributed by atoms with Crippen molar-refractivity contribution in [2.24, 2.45) is 5.73 Å². The Morgan fingerprint density at radius 1 is 1.33 bits per heavy atom. The molecule has 7 heteroatoms. The van der Waals surface area contributed by atoms with Crippen LogP contribution in [0.4, 0.5) is 5.69 Å². The lowest BCUT2D eigenvalue weighted by Gasteiger charge is -2.07. The Labute approximate surface area is 144 Å². The van der Waals surface area contributed by atoms with Crippen molar-refractivity contribution < 1.29 is 14.3 Å². The summed E-state index contributed by atoms with van der Waals surface area (Å²) in [5.41, 5.74) is 6.16. The smallest absolute Gasteiger partial charge is 0.248 e. The quantitative estimate of drug-likeness (QED) is 0.568. The molecule has 24 heavy (non-hydrogen) atoms. The van der Waals surface area contributed by atoms with Gasteiger partial charge in [-0.25, -0.2) is 4.98 Å². The van der Waals surface area contributed by atoms with Gasteiger partial charge < -0.3 is 15.8 Å². The lowest BCUT2D eigenvalue weighted by atomic mass is 10.2. The van der Waals surface area contributed by atoms with Crippen LogP contribution in [0.1, 0.15) is 10.4 Å². The maximum atomic E-state index is 11.7. The minimum atomic E-state index is -0.527. The highest BCUT2D eigenvalue weighted by Crippen LogP contribution is 2.21. The maximum Gasteiger partial charge on any atom is 0.248 e. The third-order valence-corrected chi connectivity index (χ3v) is 3.77. The van der Waals surface area contributed by atoms with Crippen LogP contribution >= 0.6 is 11.8 Å². The number of rotatable bonds is 8. The first kappa shape index (κ1) is 17.6. The number of primary amides is 1. The van der Waals surface area contributed by atoms with E-state index in [2.05, 4.69) is 16.9 Å². The minimum Gasteiger partial charge on any atom is -0.439 e. The summed E-state index contributed by atoms with van der Waals surface area (Å²) in [6, 6.07) is 9.83. The lowest BCUT2D eigenvalue weighted by molar-refractivity contribution is -0.113. The van der Waals surface area contributed by atoms with Crippen molar-refractivity contribution in [2.75, 3.05) is 16.8 Å². The highest BCUT2D eigenvalue weighted by molar-refractivity contribution is 8.00. The van der Waals surface area contributed by atoms with Crippen molar-refractivity contribution in [1.29, 1.82) is 0 Å². The Morgan fingerprint density at radius 2 is 2.17 bits per heavy atom. The Hall–Kier alpha value is -2.80. The van der Waals surface area contributed by atoms with Crippen LogP contribution < -0.4 is 15.8 Å². The molecule has 0 aliphatic rings. The third-order valence-electron chi connectivity index (χ3n) is 2.83. The second-order valence-corrected chi connectivity index (χ2v) is 5.76. The Kier molecular flexibility index (Phi) is 6.39. The molecule has 0 aliphatic heterocycles. The molecule has 0 aliphatic carbocycles. The first-order valence-electron chi connectivity index (χ1n) is 7.11. The van der Waals surface area contributed by atoms with Crippen LogP contribution in [-0.2, 0) is 4.79 Å². The van der Waals surface area contributed by atoms with Gasteiger partial charge in [0.1, 0.15) is 5.75 Å². The van der Waals surface area contributed by atoms with Crippen molar-refractivity contribution >= 4 is 29.3 Å². The van der Waals surface area contributed by atoms with E-state index in [0.29, 0.717) is 28.6 Å². The molecular formula is C17H17N3O3S. The summed E-state index contributed by atoms with van der Waals surface area (Å²) in [5, 5.41) is 2.74. The molecule has 2 aromatic rings. The van der Waals surface area contributed by atoms with Gasteiger partial charge in [-0.3, -0.25) is 9.59 Å². The number of amides is 2. The molecule has 0 unspecified atom stereocenters. The van der Waals surface area contributed by atoms with Crippen LogP contribution in [0.5, 0.6) is 11.6 Å². The van der Waals surface area contributed by atoms with Gasteiger partial charge in [-0.2, -0.15) is 0 Å². The molecule has 0 fully saturated rings. The van der Waals surface area contributed by atoms with Gasteiger partial charge in [0.25, 0.3) is 0 Å². The van der Waals surface area contributed by atoms with Crippen molar-refractivity contribution in [3.05, 3.63) is 60.8 Å². The molecule has 1 aromatic heterocycles. The number of hydrogen-bond acceptors (Lipinski definition) is 5. The van der Waals surface area contributed by atoms with Gasteiger partial charge in [0.2, 0.25) is 17.7 Å². The van der Waals surface area contributed by atoms with E-state index in [9.17, 15) is 9.59 Å². The number of aromatic nitrogens is 1. The van der Waals surface area contributed by atoms with Gasteiger partial charge in [-0.05, 0) is 24.3 Å². The van der Waals surface area contributed by atoms with Crippen LogP contribution in [0.2, 0.25) is 0 Å². The van der Waals surface area contributed by atoms with Crippen molar-refractivity contribution in [3.8, 4) is 11.6 Å². The first-order chi connectivity index (χ1) is 11.6. The SMILES string of the molecule is C=CCSCC(=O)Nc1ccc(Oc2cccc(C(N)=O)c2)nc1. The summed E-state index contributed by atoms with van der Waals surface area (Å²) in [6.07, 6.45) is 3.25. The number of benzene rings is 1. The zero-order valence-corrected chi connectivity index (χ0v) is 13.7. The van der Waals surface area contributed by atoms with E-state index in [0.717, 1.165) is 5.75 Å². The summed E-state index contributed by atoms with van der Waals surface area (Å²) in [5.74, 6) is 1.24. The van der Waals surface area contributed by atoms with Crippen LogP contribution in [0.25, 0.3) is 0 Å². The van der Waals surface area contributed by atoms with Crippen molar-refractivity contribution in [1.82, 2.24) is 4.98 Å². The number of thioether (sulfide) groups is 1. The highest BCUT2D eigenvalue weighted by Gasteiger charge is 2.05. The Morgan fingerprint density at radius 3 is 2.83 bits per heavy atom. The summed E-state index contributed by atoms with van der Waals surface area (Å²) in [7, 11) is 0. The second-order valence-electron chi connectivity index (χ2n) is 4.73. The molecule has 2 amide bonds. The molecular weight excluding hydrogens is 326 g/mol. The number of hydrogen-bond donors (Lipinski definition) is 2. The minimum absolute atomic E-state index is 0.105. The van der Waals surface area contributed by atoms with Crippen molar-refractivity contribution in [2.45, 2.75) is 0 Å². The van der Waals surface area contributed by atoms with Gasteiger partial charge in [0.05, 0.1) is 17.6 Å². The molecule has 1 heterocycles. The first-order valence-corrected chi connectivity index (χ1v) is 8.26. The average Bonchev–Trinajstić information content (AvgIpc) is 2.57. The van der Waals surface area contributed by atoms with E-state index < -0.39 is 5.91 Å². The van der Waals surface area contributed by atoms with Gasteiger partial charge >= 0.3 is 0 Å². The number of ether oxygens (including phenoxy) is 1. The molecule has 3 N–H and O–H groups in total. The van der Waals surface area contributed by atoms with E-state index in [4.69, 9.17) is 10.5 Å². The maximum absolute atomic E-state index is 11.7. The molecule has 0 bridgehead atoms. The summed E-state index contributed by atoms with van der Waals surface area (Å²) in [6.45, 7) is 3.60. The monoisotopic (exact) mass is 343 g/mol. The van der Waals surface area contributed by atoms with Gasteiger partial charge in [0, 0.05) is 17.4 Å². The van der Waals surface area contributed by atoms with E-state index in [1.54, 1.807) is 36.4 Å². The summed E-state index contributed by atoms with van der Waals surface area (Å²) < 4.78 is 5.56. The van der Waals surface area contributed by atoms with Crippen LogP contribution in [0, 0.1) is 0 Å². The van der Waals surface area contributed by atoms with Gasteiger partial charge in [-0.15, -0.1) is 18.3 Å². The van der Waals surface area contributed by atoms with Crippen molar-refractivity contribution in [3.63, 3.8) is 0 Å². The zero-order valence-electron chi connectivity index (χ0n) is 12.9. The van der Waals surface area contributed by atoms with E-state index in [1.807, 2.05) is 0 Å². The molecule has 0 atom stereocenters. The molecule has 1 aromatic carbocycles. The molecule has 124 valence electrons. The van der Waals surface area contributed by atoms with E-state index in [-0.39, 0.29) is 5.91 Å². The lowest BCUT2D eigenvalue weighted by Crippen LogP contribution is -2.14. The molecule has 0 spiro atoms.